The zero-order chi connectivity index (χ0) is 16.2. The number of rotatable bonds is 5. The lowest BCUT2D eigenvalue weighted by atomic mass is 10.0. The molecule has 3 heterocycles. The fourth-order valence-corrected chi connectivity index (χ4v) is 3.32. The van der Waals surface area contributed by atoms with E-state index < -0.39 is 0 Å². The van der Waals surface area contributed by atoms with Gasteiger partial charge in [0.2, 0.25) is 5.89 Å². The maximum absolute atomic E-state index is 5.85. The molecule has 0 amide bonds. The van der Waals surface area contributed by atoms with Gasteiger partial charge in [-0.25, -0.2) is 0 Å². The van der Waals surface area contributed by atoms with Crippen LogP contribution in [0.5, 0.6) is 5.75 Å². The summed E-state index contributed by atoms with van der Waals surface area (Å²) >= 11 is 0. The van der Waals surface area contributed by atoms with Crippen molar-refractivity contribution in [2.24, 2.45) is 0 Å². The molecule has 128 valence electrons. The molecule has 4 rings (SSSR count). The average Bonchev–Trinajstić information content (AvgIpc) is 3.33. The number of benzene rings is 1. The van der Waals surface area contributed by atoms with Crippen LogP contribution in [0.25, 0.3) is 0 Å². The molecule has 2 fully saturated rings. The molecule has 2 aliphatic rings. The molecule has 0 radical (unpaired) electrons. The van der Waals surface area contributed by atoms with E-state index in [1.54, 1.807) is 0 Å². The third-order valence-electron chi connectivity index (χ3n) is 4.70. The lowest BCUT2D eigenvalue weighted by molar-refractivity contribution is 0.0787. The van der Waals surface area contributed by atoms with Gasteiger partial charge in [0.15, 0.2) is 6.61 Å². The van der Waals surface area contributed by atoms with E-state index in [2.05, 4.69) is 27.2 Å². The SMILES string of the molecule is c1cc(OCc2nnc(C3CCOCC3)o2)cc(N2CCCC2)c1. The number of ether oxygens (including phenoxy) is 2. The molecule has 0 atom stereocenters. The fraction of sp³-hybridized carbons (Fsp3) is 0.556. The minimum absolute atomic E-state index is 0.305. The van der Waals surface area contributed by atoms with Crippen molar-refractivity contribution >= 4 is 5.69 Å². The molecule has 1 aromatic heterocycles. The van der Waals surface area contributed by atoms with Gasteiger partial charge in [0.1, 0.15) is 5.75 Å². The molecule has 6 nitrogen and oxygen atoms in total. The monoisotopic (exact) mass is 329 g/mol. The first kappa shape index (κ1) is 15.4. The van der Waals surface area contributed by atoms with Crippen LogP contribution in [-0.2, 0) is 11.3 Å². The van der Waals surface area contributed by atoms with Crippen LogP contribution >= 0.6 is 0 Å². The van der Waals surface area contributed by atoms with Crippen LogP contribution in [0.15, 0.2) is 28.7 Å². The number of hydrogen-bond donors (Lipinski definition) is 0. The molecule has 0 aliphatic carbocycles. The van der Waals surface area contributed by atoms with E-state index in [0.29, 0.717) is 24.3 Å². The number of nitrogens with zero attached hydrogens (tertiary/aromatic N) is 3. The highest BCUT2D eigenvalue weighted by atomic mass is 16.5. The zero-order valence-electron chi connectivity index (χ0n) is 13.8. The highest BCUT2D eigenvalue weighted by Gasteiger charge is 2.21. The first-order chi connectivity index (χ1) is 11.9. The van der Waals surface area contributed by atoms with Crippen LogP contribution in [-0.4, -0.2) is 36.5 Å². The Hall–Kier alpha value is -2.08. The zero-order valence-corrected chi connectivity index (χ0v) is 13.8. The molecule has 1 aromatic carbocycles. The highest BCUT2D eigenvalue weighted by Crippen LogP contribution is 2.27. The van der Waals surface area contributed by atoms with E-state index in [0.717, 1.165) is 44.9 Å². The molecule has 2 aromatic rings. The third kappa shape index (κ3) is 3.53. The van der Waals surface area contributed by atoms with E-state index in [9.17, 15) is 0 Å². The van der Waals surface area contributed by atoms with E-state index in [4.69, 9.17) is 13.9 Å². The Bertz CT molecular complexity index is 661. The van der Waals surface area contributed by atoms with Crippen LogP contribution in [0, 0.1) is 0 Å². The molecule has 24 heavy (non-hydrogen) atoms. The van der Waals surface area contributed by atoms with Crippen molar-refractivity contribution in [3.8, 4) is 5.75 Å². The third-order valence-corrected chi connectivity index (χ3v) is 4.70. The molecule has 0 bridgehead atoms. The predicted octanol–water partition coefficient (Wildman–Crippen LogP) is 3.14. The quantitative estimate of drug-likeness (QED) is 0.840. The number of hydrogen-bond acceptors (Lipinski definition) is 6. The molecule has 0 unspecified atom stereocenters. The molecule has 2 saturated heterocycles. The summed E-state index contributed by atoms with van der Waals surface area (Å²) in [5.74, 6) is 2.40. The lowest BCUT2D eigenvalue weighted by Crippen LogP contribution is -2.17. The summed E-state index contributed by atoms with van der Waals surface area (Å²) in [6, 6.07) is 8.22. The van der Waals surface area contributed by atoms with E-state index >= 15 is 0 Å². The minimum Gasteiger partial charge on any atom is -0.484 e. The second-order valence-corrected chi connectivity index (χ2v) is 6.40. The normalized spacial score (nSPS) is 18.9. The smallest absolute Gasteiger partial charge is 0.253 e. The first-order valence-corrected chi connectivity index (χ1v) is 8.76. The van der Waals surface area contributed by atoms with Gasteiger partial charge in [-0.15, -0.1) is 10.2 Å². The topological polar surface area (TPSA) is 60.6 Å². The van der Waals surface area contributed by atoms with Crippen LogP contribution in [0.2, 0.25) is 0 Å². The summed E-state index contributed by atoms with van der Waals surface area (Å²) in [5.41, 5.74) is 1.22. The molecular weight excluding hydrogens is 306 g/mol. The van der Waals surface area contributed by atoms with Crippen molar-refractivity contribution in [3.63, 3.8) is 0 Å². The van der Waals surface area contributed by atoms with E-state index in [-0.39, 0.29) is 0 Å². The van der Waals surface area contributed by atoms with E-state index in [1.807, 2.05) is 12.1 Å². The van der Waals surface area contributed by atoms with Gasteiger partial charge in [-0.3, -0.25) is 0 Å². The summed E-state index contributed by atoms with van der Waals surface area (Å²) in [5, 5.41) is 8.29. The van der Waals surface area contributed by atoms with E-state index in [1.165, 1.54) is 18.5 Å². The lowest BCUT2D eigenvalue weighted by Gasteiger charge is -2.18. The van der Waals surface area contributed by atoms with Crippen LogP contribution in [0.4, 0.5) is 5.69 Å². The van der Waals surface area contributed by atoms with Crippen molar-refractivity contribution in [1.82, 2.24) is 10.2 Å². The van der Waals surface area contributed by atoms with Crippen molar-refractivity contribution in [1.29, 1.82) is 0 Å². The van der Waals surface area contributed by atoms with Gasteiger partial charge in [0.05, 0.1) is 0 Å². The largest absolute Gasteiger partial charge is 0.484 e. The van der Waals surface area contributed by atoms with Gasteiger partial charge in [-0.2, -0.15) is 0 Å². The van der Waals surface area contributed by atoms with Gasteiger partial charge >= 0.3 is 0 Å². The van der Waals surface area contributed by atoms with Crippen molar-refractivity contribution in [3.05, 3.63) is 36.0 Å². The molecular formula is C18H23N3O3. The van der Waals surface area contributed by atoms with Gasteiger partial charge in [-0.05, 0) is 37.8 Å². The maximum atomic E-state index is 5.85. The highest BCUT2D eigenvalue weighted by molar-refractivity contribution is 5.51. The van der Waals surface area contributed by atoms with Crippen molar-refractivity contribution in [2.75, 3.05) is 31.2 Å². The van der Waals surface area contributed by atoms with Crippen molar-refractivity contribution in [2.45, 2.75) is 38.2 Å². The molecule has 0 spiro atoms. The maximum Gasteiger partial charge on any atom is 0.253 e. The van der Waals surface area contributed by atoms with Gasteiger partial charge in [-0.1, -0.05) is 6.07 Å². The second-order valence-electron chi connectivity index (χ2n) is 6.40. The van der Waals surface area contributed by atoms with Gasteiger partial charge in [0.25, 0.3) is 5.89 Å². The molecule has 6 heteroatoms. The Labute approximate surface area is 141 Å². The number of anilines is 1. The van der Waals surface area contributed by atoms with Crippen LogP contribution < -0.4 is 9.64 Å². The predicted molar refractivity (Wildman–Crippen MR) is 89.3 cm³/mol. The number of aromatic nitrogens is 2. The summed E-state index contributed by atoms with van der Waals surface area (Å²) < 4.78 is 17.0. The Morgan fingerprint density at radius 1 is 1.12 bits per heavy atom. The second kappa shape index (κ2) is 7.21. The standard InChI is InChI=1S/C18H23N3O3/c1-2-9-21(8-1)15-4-3-5-16(12-15)23-13-17-19-20-18(24-17)14-6-10-22-11-7-14/h3-5,12,14H,1-2,6-11,13H2. The summed E-state index contributed by atoms with van der Waals surface area (Å²) in [6.45, 7) is 4.09. The Kier molecular flexibility index (Phi) is 4.64. The Morgan fingerprint density at radius 2 is 1.96 bits per heavy atom. The molecule has 2 aliphatic heterocycles. The van der Waals surface area contributed by atoms with Crippen molar-refractivity contribution < 1.29 is 13.9 Å². The molecule has 0 saturated carbocycles. The van der Waals surface area contributed by atoms with Crippen LogP contribution in [0.3, 0.4) is 0 Å². The fourth-order valence-electron chi connectivity index (χ4n) is 3.32. The summed E-state index contributed by atoms with van der Waals surface area (Å²) in [7, 11) is 0. The molecule has 0 N–H and O–H groups in total. The summed E-state index contributed by atoms with van der Waals surface area (Å²) in [6.07, 6.45) is 4.42. The van der Waals surface area contributed by atoms with Gasteiger partial charge < -0.3 is 18.8 Å². The van der Waals surface area contributed by atoms with Gasteiger partial charge in [0, 0.05) is 44.0 Å². The first-order valence-electron chi connectivity index (χ1n) is 8.76. The summed E-state index contributed by atoms with van der Waals surface area (Å²) in [4.78, 5) is 2.39. The average molecular weight is 329 g/mol. The van der Waals surface area contributed by atoms with Crippen LogP contribution in [0.1, 0.15) is 43.4 Å². The Morgan fingerprint density at radius 3 is 2.79 bits per heavy atom. The minimum atomic E-state index is 0.305. The Balaban J connectivity index is 1.36.